The van der Waals surface area contributed by atoms with Crippen LogP contribution in [0.2, 0.25) is 0 Å². The fourth-order valence-corrected chi connectivity index (χ4v) is 14.6. The molecule has 2 heteroatoms. The van der Waals surface area contributed by atoms with E-state index in [0.29, 0.717) is 21.7 Å². The summed E-state index contributed by atoms with van der Waals surface area (Å²) in [6.45, 7) is 10.7. The van der Waals surface area contributed by atoms with Crippen molar-refractivity contribution < 1.29 is 0 Å². The van der Waals surface area contributed by atoms with Gasteiger partial charge in [0.25, 0.3) is 0 Å². The van der Waals surface area contributed by atoms with Crippen molar-refractivity contribution in [3.8, 4) is 0 Å². The maximum atomic E-state index is 5.32. The van der Waals surface area contributed by atoms with Crippen molar-refractivity contribution in [1.29, 1.82) is 0 Å². The molecular weight excluding hydrogens is 484 g/mol. The van der Waals surface area contributed by atoms with Gasteiger partial charge in [-0.25, -0.2) is 0 Å². The number of fused-ring (bicyclic) bond motifs is 10. The van der Waals surface area contributed by atoms with Crippen molar-refractivity contribution in [2.75, 3.05) is 0 Å². The van der Waals surface area contributed by atoms with Crippen LogP contribution in [0.15, 0.2) is 10.2 Å². The van der Waals surface area contributed by atoms with Crippen LogP contribution in [0.4, 0.5) is 0 Å². The van der Waals surface area contributed by atoms with Gasteiger partial charge in [-0.05, 0) is 161 Å². The van der Waals surface area contributed by atoms with Crippen molar-refractivity contribution in [2.24, 2.45) is 79.2 Å². The standard InChI is InChI=1S/C38H60N2/c1-35-21-7-5-9-25(35)11-13-27-29-15-17-33(37(29,3)23-19-31(27)35)39-40-34-18-16-30-28-14-12-26-10-6-8-22-36(26,2)32(28)20-24-38(30,34)4/h25-32H,5-24H2,1-4H3/b39-33-,40-34-/t25-,26+,27-,28+,29-,30-,31-,32-,35-,36-,37-,38-/m0/s1. The van der Waals surface area contributed by atoms with Gasteiger partial charge in [0.05, 0.1) is 0 Å². The zero-order chi connectivity index (χ0) is 27.3. The van der Waals surface area contributed by atoms with Gasteiger partial charge in [-0.1, -0.05) is 53.4 Å². The van der Waals surface area contributed by atoms with Crippen molar-refractivity contribution in [3.63, 3.8) is 0 Å². The van der Waals surface area contributed by atoms with Crippen LogP contribution in [-0.4, -0.2) is 11.4 Å². The third-order valence-electron chi connectivity index (χ3n) is 16.9. The molecule has 8 fully saturated rings. The third-order valence-corrected chi connectivity index (χ3v) is 16.9. The summed E-state index contributed by atoms with van der Waals surface area (Å²) < 4.78 is 0. The van der Waals surface area contributed by atoms with E-state index in [1.807, 2.05) is 0 Å². The van der Waals surface area contributed by atoms with Gasteiger partial charge < -0.3 is 0 Å². The minimum atomic E-state index is 0.327. The number of hydrogen-bond acceptors (Lipinski definition) is 2. The lowest BCUT2D eigenvalue weighted by atomic mass is 9.45. The summed E-state index contributed by atoms with van der Waals surface area (Å²) in [6.07, 6.45) is 29.0. The molecule has 0 amide bonds. The molecule has 8 aliphatic carbocycles. The molecule has 0 unspecified atom stereocenters. The lowest BCUT2D eigenvalue weighted by Gasteiger charge is -2.60. The lowest BCUT2D eigenvalue weighted by Crippen LogP contribution is -2.53. The molecule has 8 rings (SSSR count). The number of rotatable bonds is 1. The first-order chi connectivity index (χ1) is 19.3. The predicted octanol–water partition coefficient (Wildman–Crippen LogP) is 10.6. The molecule has 0 aromatic rings. The Kier molecular flexibility index (Phi) is 6.34. The lowest BCUT2D eigenvalue weighted by molar-refractivity contribution is -0.0938. The van der Waals surface area contributed by atoms with Crippen LogP contribution < -0.4 is 0 Å². The van der Waals surface area contributed by atoms with Crippen LogP contribution in [0.25, 0.3) is 0 Å². The van der Waals surface area contributed by atoms with E-state index >= 15 is 0 Å². The van der Waals surface area contributed by atoms with E-state index in [1.54, 1.807) is 0 Å². The molecule has 8 saturated carbocycles. The Bertz CT molecular complexity index is 989. The maximum Gasteiger partial charge on any atom is 0.0467 e. The molecule has 0 saturated heterocycles. The normalized spacial score (nSPS) is 57.5. The van der Waals surface area contributed by atoms with Crippen LogP contribution in [-0.2, 0) is 0 Å². The highest BCUT2D eigenvalue weighted by atomic mass is 15.2. The van der Waals surface area contributed by atoms with Crippen LogP contribution in [0.3, 0.4) is 0 Å². The van der Waals surface area contributed by atoms with E-state index in [2.05, 4.69) is 27.7 Å². The van der Waals surface area contributed by atoms with E-state index < -0.39 is 0 Å². The van der Waals surface area contributed by atoms with Crippen LogP contribution in [0.5, 0.6) is 0 Å². The van der Waals surface area contributed by atoms with Crippen molar-refractivity contribution in [1.82, 2.24) is 0 Å². The summed E-state index contributed by atoms with van der Waals surface area (Å²) >= 11 is 0. The third kappa shape index (κ3) is 3.64. The predicted molar refractivity (Wildman–Crippen MR) is 168 cm³/mol. The Morgan fingerprint density at radius 2 is 0.900 bits per heavy atom. The highest BCUT2D eigenvalue weighted by Gasteiger charge is 2.61. The summed E-state index contributed by atoms with van der Waals surface area (Å²) in [5.74, 6) is 7.68. The molecule has 0 aromatic carbocycles. The van der Waals surface area contributed by atoms with Gasteiger partial charge in [0.15, 0.2) is 0 Å². The highest BCUT2D eigenvalue weighted by Crippen LogP contribution is 2.67. The molecule has 8 aliphatic rings. The summed E-state index contributed by atoms with van der Waals surface area (Å²) in [4.78, 5) is 0. The SMILES string of the molecule is C[C@]12CCCC[C@H]1CC[C@@H]1[C@@H]2CC[C@]2(C)/C(=N\N=C3\CC[C@H]4[C@H]5CC[C@H]6CCCC[C@]6(C)[C@H]5CC[C@]34C)CC[C@@H]12. The Morgan fingerprint density at radius 1 is 0.450 bits per heavy atom. The second-order valence-corrected chi connectivity index (χ2v) is 17.9. The van der Waals surface area contributed by atoms with E-state index in [9.17, 15) is 0 Å². The molecule has 0 radical (unpaired) electrons. The number of hydrogen-bond donors (Lipinski definition) is 0. The van der Waals surface area contributed by atoms with Gasteiger partial charge >= 0.3 is 0 Å². The fraction of sp³-hybridized carbons (Fsp3) is 0.947. The minimum Gasteiger partial charge on any atom is -0.160 e. The first-order valence-corrected chi connectivity index (χ1v) is 18.4. The largest absolute Gasteiger partial charge is 0.160 e. The minimum absolute atomic E-state index is 0.327. The van der Waals surface area contributed by atoms with Crippen molar-refractivity contribution in [3.05, 3.63) is 0 Å². The Labute approximate surface area is 246 Å². The van der Waals surface area contributed by atoms with Gasteiger partial charge in [0.1, 0.15) is 0 Å². The van der Waals surface area contributed by atoms with E-state index in [4.69, 9.17) is 10.2 Å². The molecule has 0 aliphatic heterocycles. The Morgan fingerprint density at radius 3 is 1.35 bits per heavy atom. The molecule has 0 N–H and O–H groups in total. The van der Waals surface area contributed by atoms with Crippen molar-refractivity contribution >= 4 is 11.4 Å². The maximum absolute atomic E-state index is 5.32. The van der Waals surface area contributed by atoms with Gasteiger partial charge in [-0.3, -0.25) is 0 Å². The summed E-state index contributed by atoms with van der Waals surface area (Å²) in [6, 6.07) is 0. The Hall–Kier alpha value is -0.660. The zero-order valence-electron chi connectivity index (χ0n) is 26.7. The van der Waals surface area contributed by atoms with E-state index in [1.165, 1.54) is 140 Å². The fourth-order valence-electron chi connectivity index (χ4n) is 14.6. The zero-order valence-corrected chi connectivity index (χ0v) is 26.7. The van der Waals surface area contributed by atoms with Gasteiger partial charge in [-0.2, -0.15) is 10.2 Å². The molecule has 2 nitrogen and oxygen atoms in total. The molecular formula is C38H60N2. The molecule has 0 spiro atoms. The van der Waals surface area contributed by atoms with Gasteiger partial charge in [-0.15, -0.1) is 0 Å². The molecule has 40 heavy (non-hydrogen) atoms. The van der Waals surface area contributed by atoms with Crippen LogP contribution in [0.1, 0.15) is 156 Å². The topological polar surface area (TPSA) is 24.7 Å². The molecule has 0 bridgehead atoms. The quantitative estimate of drug-likeness (QED) is 0.293. The van der Waals surface area contributed by atoms with E-state index in [0.717, 1.165) is 47.3 Å². The summed E-state index contributed by atoms with van der Waals surface area (Å²) in [5.41, 5.74) is 4.96. The van der Waals surface area contributed by atoms with Crippen LogP contribution >= 0.6 is 0 Å². The molecule has 0 heterocycles. The highest BCUT2D eigenvalue weighted by molar-refractivity contribution is 5.95. The van der Waals surface area contributed by atoms with Crippen LogP contribution in [0, 0.1) is 69.0 Å². The van der Waals surface area contributed by atoms with Gasteiger partial charge in [0, 0.05) is 22.3 Å². The average molecular weight is 545 g/mol. The van der Waals surface area contributed by atoms with Gasteiger partial charge in [0.2, 0.25) is 0 Å². The van der Waals surface area contributed by atoms with E-state index in [-0.39, 0.29) is 0 Å². The summed E-state index contributed by atoms with van der Waals surface area (Å²) in [5, 5.41) is 10.6. The Balaban J connectivity index is 1.02. The molecule has 12 atom stereocenters. The van der Waals surface area contributed by atoms with Crippen molar-refractivity contribution in [2.45, 2.75) is 156 Å². The summed E-state index contributed by atoms with van der Waals surface area (Å²) in [7, 11) is 0. The smallest absolute Gasteiger partial charge is 0.0467 e. The molecule has 222 valence electrons. The first-order valence-electron chi connectivity index (χ1n) is 18.4. The monoisotopic (exact) mass is 544 g/mol. The average Bonchev–Trinajstić information content (AvgIpc) is 3.47. The first kappa shape index (κ1) is 26.9. The second-order valence-electron chi connectivity index (χ2n) is 17.9. The number of nitrogens with zero attached hydrogens (tertiary/aromatic N) is 2. The second kappa shape index (κ2) is 9.42. The molecule has 0 aromatic heterocycles.